The minimum atomic E-state index is -0.618. The van der Waals surface area contributed by atoms with E-state index in [2.05, 4.69) is 24.3 Å². The fraction of sp³-hybridized carbons (Fsp3) is 0.478. The van der Waals surface area contributed by atoms with Crippen molar-refractivity contribution in [3.8, 4) is 0 Å². The highest BCUT2D eigenvalue weighted by molar-refractivity contribution is 5.14. The summed E-state index contributed by atoms with van der Waals surface area (Å²) in [7, 11) is 0. The van der Waals surface area contributed by atoms with Crippen molar-refractivity contribution < 1.29 is 23.7 Å². The first-order valence-corrected chi connectivity index (χ1v) is 9.85. The molecule has 0 unspecified atom stereocenters. The fourth-order valence-corrected chi connectivity index (χ4v) is 3.48. The molecule has 28 heavy (non-hydrogen) atoms. The van der Waals surface area contributed by atoms with Crippen LogP contribution in [0.2, 0.25) is 0 Å². The molecule has 2 aliphatic rings. The Balaban J connectivity index is 1.48. The van der Waals surface area contributed by atoms with Gasteiger partial charge in [0.2, 0.25) is 0 Å². The molecule has 2 saturated heterocycles. The van der Waals surface area contributed by atoms with Crippen molar-refractivity contribution in [3.63, 3.8) is 0 Å². The zero-order chi connectivity index (χ0) is 19.4. The Labute approximate surface area is 166 Å². The van der Waals surface area contributed by atoms with E-state index in [1.54, 1.807) is 0 Å². The summed E-state index contributed by atoms with van der Waals surface area (Å²) in [6.45, 7) is 6.01. The van der Waals surface area contributed by atoms with Crippen LogP contribution in [0.15, 0.2) is 60.7 Å². The van der Waals surface area contributed by atoms with Crippen LogP contribution >= 0.6 is 0 Å². The predicted octanol–water partition coefficient (Wildman–Crippen LogP) is 3.71. The third-order valence-corrected chi connectivity index (χ3v) is 5.02. The number of benzene rings is 2. The van der Waals surface area contributed by atoms with Crippen molar-refractivity contribution in [1.82, 2.24) is 0 Å². The van der Waals surface area contributed by atoms with E-state index in [0.717, 1.165) is 11.1 Å². The van der Waals surface area contributed by atoms with Gasteiger partial charge in [0.15, 0.2) is 5.79 Å². The maximum absolute atomic E-state index is 6.35. The zero-order valence-electron chi connectivity index (χ0n) is 16.5. The number of ether oxygens (including phenoxy) is 5. The molecule has 150 valence electrons. The van der Waals surface area contributed by atoms with Gasteiger partial charge in [-0.3, -0.25) is 0 Å². The van der Waals surface area contributed by atoms with Gasteiger partial charge in [-0.25, -0.2) is 0 Å². The second-order valence-corrected chi connectivity index (χ2v) is 7.76. The molecule has 2 aromatic carbocycles. The summed E-state index contributed by atoms with van der Waals surface area (Å²) < 4.78 is 30.2. The van der Waals surface area contributed by atoms with Gasteiger partial charge in [-0.05, 0) is 25.0 Å². The number of rotatable bonds is 9. The third-order valence-electron chi connectivity index (χ3n) is 5.02. The maximum atomic E-state index is 6.35. The lowest BCUT2D eigenvalue weighted by atomic mass is 10.0. The van der Waals surface area contributed by atoms with E-state index < -0.39 is 5.79 Å². The minimum absolute atomic E-state index is 0.0248. The number of hydrogen-bond donors (Lipinski definition) is 0. The molecule has 0 spiro atoms. The average molecular weight is 384 g/mol. The average Bonchev–Trinajstić information content (AvgIpc) is 3.48. The number of epoxide rings is 1. The maximum Gasteiger partial charge on any atom is 0.163 e. The van der Waals surface area contributed by atoms with Gasteiger partial charge in [0, 0.05) is 0 Å². The van der Waals surface area contributed by atoms with Crippen LogP contribution < -0.4 is 0 Å². The molecule has 5 nitrogen and oxygen atoms in total. The van der Waals surface area contributed by atoms with Crippen LogP contribution in [0.3, 0.4) is 0 Å². The second-order valence-electron chi connectivity index (χ2n) is 7.76. The van der Waals surface area contributed by atoms with E-state index in [1.165, 1.54) is 0 Å². The molecular weight excluding hydrogens is 356 g/mol. The van der Waals surface area contributed by atoms with Gasteiger partial charge in [-0.2, -0.15) is 0 Å². The lowest BCUT2D eigenvalue weighted by molar-refractivity contribution is -0.182. The van der Waals surface area contributed by atoms with Crippen LogP contribution in [0, 0.1) is 0 Å². The van der Waals surface area contributed by atoms with E-state index >= 15 is 0 Å². The summed E-state index contributed by atoms with van der Waals surface area (Å²) in [5, 5.41) is 0. The summed E-state index contributed by atoms with van der Waals surface area (Å²) in [4.78, 5) is 0. The van der Waals surface area contributed by atoms with E-state index in [0.29, 0.717) is 26.4 Å². The summed E-state index contributed by atoms with van der Waals surface area (Å²) in [6, 6.07) is 20.3. The van der Waals surface area contributed by atoms with Gasteiger partial charge in [-0.15, -0.1) is 0 Å². The molecule has 0 saturated carbocycles. The van der Waals surface area contributed by atoms with Crippen molar-refractivity contribution in [2.24, 2.45) is 0 Å². The molecule has 0 aromatic heterocycles. The molecular formula is C23H28O5. The van der Waals surface area contributed by atoms with E-state index in [9.17, 15) is 0 Å². The quantitative estimate of drug-likeness (QED) is 0.617. The lowest BCUT2D eigenvalue weighted by Gasteiger charge is -2.31. The van der Waals surface area contributed by atoms with Gasteiger partial charge in [0.25, 0.3) is 0 Å². The molecule has 2 aliphatic heterocycles. The Morgan fingerprint density at radius 1 is 0.821 bits per heavy atom. The first kappa shape index (κ1) is 19.6. The molecule has 0 N–H and O–H groups in total. The predicted molar refractivity (Wildman–Crippen MR) is 105 cm³/mol. The third kappa shape index (κ3) is 5.19. The summed E-state index contributed by atoms with van der Waals surface area (Å²) in [6.07, 6.45) is -0.676. The molecule has 0 radical (unpaired) electrons. The topological polar surface area (TPSA) is 49.5 Å². The van der Waals surface area contributed by atoms with Gasteiger partial charge < -0.3 is 23.7 Å². The zero-order valence-corrected chi connectivity index (χ0v) is 16.5. The van der Waals surface area contributed by atoms with E-state index in [4.69, 9.17) is 23.7 Å². The molecule has 0 bridgehead atoms. The summed E-state index contributed by atoms with van der Waals surface area (Å²) in [5.74, 6) is -0.618. The van der Waals surface area contributed by atoms with E-state index in [1.807, 2.05) is 50.2 Å². The van der Waals surface area contributed by atoms with Gasteiger partial charge in [0.1, 0.15) is 24.4 Å². The molecule has 0 aliphatic carbocycles. The molecule has 2 heterocycles. The standard InChI is InChI=1S/C23H28O5/c1-23(2)27-16-20(28-23)22(26-14-18-11-7-4-8-12-18)21(19-15-24-19)25-13-17-9-5-3-6-10-17/h3-12,19-22H,13-16H2,1-2H3/t19-,20-,21-,22-/m1/s1. The van der Waals surface area contributed by atoms with Crippen molar-refractivity contribution >= 4 is 0 Å². The van der Waals surface area contributed by atoms with Crippen LogP contribution in [-0.4, -0.2) is 43.4 Å². The van der Waals surface area contributed by atoms with Crippen molar-refractivity contribution in [3.05, 3.63) is 71.8 Å². The van der Waals surface area contributed by atoms with E-state index in [-0.39, 0.29) is 24.4 Å². The molecule has 4 rings (SSSR count). The van der Waals surface area contributed by atoms with Crippen LogP contribution in [0.1, 0.15) is 25.0 Å². The first-order chi connectivity index (χ1) is 13.6. The fourth-order valence-electron chi connectivity index (χ4n) is 3.48. The minimum Gasteiger partial charge on any atom is -0.370 e. The van der Waals surface area contributed by atoms with Crippen LogP contribution in [0.25, 0.3) is 0 Å². The van der Waals surface area contributed by atoms with Crippen LogP contribution in [0.4, 0.5) is 0 Å². The van der Waals surface area contributed by atoms with Crippen molar-refractivity contribution in [2.75, 3.05) is 13.2 Å². The number of hydrogen-bond acceptors (Lipinski definition) is 5. The largest absolute Gasteiger partial charge is 0.370 e. The Kier molecular flexibility index (Phi) is 6.09. The van der Waals surface area contributed by atoms with Gasteiger partial charge in [0.05, 0.1) is 26.4 Å². The van der Waals surface area contributed by atoms with Crippen molar-refractivity contribution in [1.29, 1.82) is 0 Å². The highest BCUT2D eigenvalue weighted by Gasteiger charge is 2.47. The monoisotopic (exact) mass is 384 g/mol. The Morgan fingerprint density at radius 3 is 1.75 bits per heavy atom. The molecule has 2 aromatic rings. The van der Waals surface area contributed by atoms with Gasteiger partial charge >= 0.3 is 0 Å². The van der Waals surface area contributed by atoms with Gasteiger partial charge in [-0.1, -0.05) is 60.7 Å². The Hall–Kier alpha value is -1.76. The highest BCUT2D eigenvalue weighted by atomic mass is 16.8. The second kappa shape index (κ2) is 8.72. The van der Waals surface area contributed by atoms with Crippen LogP contribution in [-0.2, 0) is 36.9 Å². The molecule has 2 fully saturated rings. The first-order valence-electron chi connectivity index (χ1n) is 9.85. The Morgan fingerprint density at radius 2 is 1.32 bits per heavy atom. The van der Waals surface area contributed by atoms with Crippen LogP contribution in [0.5, 0.6) is 0 Å². The molecule has 0 amide bonds. The normalized spacial score (nSPS) is 25.4. The molecule has 5 heteroatoms. The SMILES string of the molecule is CC1(C)OC[C@H]([C@@H](OCc2ccccc2)[C@H](OCc2ccccc2)[C@H]2CO2)O1. The van der Waals surface area contributed by atoms with Crippen molar-refractivity contribution in [2.45, 2.75) is 57.3 Å². The Bertz CT molecular complexity index is 729. The lowest BCUT2D eigenvalue weighted by Crippen LogP contribution is -2.46. The summed E-state index contributed by atoms with van der Waals surface area (Å²) in [5.41, 5.74) is 2.24. The highest BCUT2D eigenvalue weighted by Crippen LogP contribution is 2.32. The molecule has 4 atom stereocenters. The smallest absolute Gasteiger partial charge is 0.163 e. The summed E-state index contributed by atoms with van der Waals surface area (Å²) >= 11 is 0.